The van der Waals surface area contributed by atoms with E-state index in [1.807, 2.05) is 7.05 Å². The van der Waals surface area contributed by atoms with Crippen LogP contribution >= 0.6 is 12.4 Å². The Hall–Kier alpha value is -1.47. The number of alkyl halides is 3. The van der Waals surface area contributed by atoms with E-state index in [1.165, 1.54) is 24.3 Å². The molecule has 0 bridgehead atoms. The summed E-state index contributed by atoms with van der Waals surface area (Å²) in [6, 6.07) is 5.87. The van der Waals surface area contributed by atoms with Crippen LogP contribution in [0, 0.1) is 0 Å². The lowest BCUT2D eigenvalue weighted by Gasteiger charge is -2.31. The first-order chi connectivity index (χ1) is 10.4. The number of nitrogens with zero attached hydrogens (tertiary/aromatic N) is 1. The summed E-state index contributed by atoms with van der Waals surface area (Å²) in [5, 5.41) is 3.19. The molecule has 4 nitrogen and oxygen atoms in total. The number of hydrogen-bond donors (Lipinski definition) is 1. The molecule has 2 rings (SSSR count). The van der Waals surface area contributed by atoms with Crippen LogP contribution in [0.5, 0.6) is 5.75 Å². The second-order valence-electron chi connectivity index (χ2n) is 5.31. The second kappa shape index (κ2) is 8.40. The van der Waals surface area contributed by atoms with Crippen molar-refractivity contribution in [1.82, 2.24) is 10.2 Å². The molecule has 8 heteroatoms. The Morgan fingerprint density at radius 2 is 1.83 bits per heavy atom. The molecule has 23 heavy (non-hydrogen) atoms. The molecule has 1 saturated heterocycles. The Labute approximate surface area is 139 Å². The SMILES string of the molecule is CNC1CCN(C(=O)Cc2ccc(OC(F)(F)F)cc2)CC1.Cl. The molecule has 1 N–H and O–H groups in total. The van der Waals surface area contributed by atoms with Gasteiger partial charge < -0.3 is 15.0 Å². The summed E-state index contributed by atoms with van der Waals surface area (Å²) >= 11 is 0. The Morgan fingerprint density at radius 1 is 1.26 bits per heavy atom. The molecule has 1 aromatic rings. The molecule has 1 heterocycles. The minimum atomic E-state index is -4.70. The van der Waals surface area contributed by atoms with Crippen LogP contribution in [0.15, 0.2) is 24.3 Å². The number of carbonyl (C=O) groups excluding carboxylic acids is 1. The number of benzene rings is 1. The molecule has 1 amide bonds. The van der Waals surface area contributed by atoms with Crippen LogP contribution in [0.1, 0.15) is 18.4 Å². The maximum atomic E-state index is 12.2. The molecule has 1 aliphatic heterocycles. The van der Waals surface area contributed by atoms with Crippen LogP contribution < -0.4 is 10.1 Å². The van der Waals surface area contributed by atoms with Gasteiger partial charge in [0.2, 0.25) is 5.91 Å². The van der Waals surface area contributed by atoms with Gasteiger partial charge >= 0.3 is 6.36 Å². The fourth-order valence-electron chi connectivity index (χ4n) is 2.51. The van der Waals surface area contributed by atoms with Gasteiger partial charge in [-0.2, -0.15) is 0 Å². The number of likely N-dealkylation sites (tertiary alicyclic amines) is 1. The molecule has 0 atom stereocenters. The average molecular weight is 353 g/mol. The molecule has 0 spiro atoms. The number of amides is 1. The zero-order chi connectivity index (χ0) is 16.2. The van der Waals surface area contributed by atoms with Gasteiger partial charge in [0.25, 0.3) is 0 Å². The van der Waals surface area contributed by atoms with E-state index in [9.17, 15) is 18.0 Å². The molecule has 0 saturated carbocycles. The summed E-state index contributed by atoms with van der Waals surface area (Å²) in [4.78, 5) is 14.0. The van der Waals surface area contributed by atoms with E-state index in [0.717, 1.165) is 12.8 Å². The van der Waals surface area contributed by atoms with E-state index >= 15 is 0 Å². The van der Waals surface area contributed by atoms with Crippen LogP contribution in [-0.4, -0.2) is 43.3 Å². The number of carbonyl (C=O) groups is 1. The number of halogens is 4. The summed E-state index contributed by atoms with van der Waals surface area (Å²) in [5.74, 6) is -0.280. The lowest BCUT2D eigenvalue weighted by atomic mass is 10.0. The first-order valence-electron chi connectivity index (χ1n) is 7.17. The van der Waals surface area contributed by atoms with Crippen LogP contribution in [0.4, 0.5) is 13.2 Å². The molecule has 1 aromatic carbocycles. The second-order valence-corrected chi connectivity index (χ2v) is 5.31. The Bertz CT molecular complexity index is 500. The fraction of sp³-hybridized carbons (Fsp3) is 0.533. The molecule has 0 unspecified atom stereocenters. The predicted octanol–water partition coefficient (Wildman–Crippen LogP) is 2.76. The predicted molar refractivity (Wildman–Crippen MR) is 82.7 cm³/mol. The monoisotopic (exact) mass is 352 g/mol. The highest BCUT2D eigenvalue weighted by Gasteiger charge is 2.31. The summed E-state index contributed by atoms with van der Waals surface area (Å²) in [5.41, 5.74) is 0.676. The maximum absolute atomic E-state index is 12.2. The lowest BCUT2D eigenvalue weighted by Crippen LogP contribution is -2.44. The topological polar surface area (TPSA) is 41.6 Å². The molecular formula is C15H20ClF3N2O2. The van der Waals surface area contributed by atoms with Crippen molar-refractivity contribution in [2.24, 2.45) is 0 Å². The van der Waals surface area contributed by atoms with Gasteiger partial charge in [-0.15, -0.1) is 25.6 Å². The molecule has 1 aliphatic rings. The summed E-state index contributed by atoms with van der Waals surface area (Å²) in [7, 11) is 1.91. The first kappa shape index (κ1) is 19.6. The minimum Gasteiger partial charge on any atom is -0.406 e. The van der Waals surface area contributed by atoms with Gasteiger partial charge in [-0.3, -0.25) is 4.79 Å². The number of ether oxygens (including phenoxy) is 1. The van der Waals surface area contributed by atoms with E-state index in [4.69, 9.17) is 0 Å². The zero-order valence-corrected chi connectivity index (χ0v) is 13.5. The smallest absolute Gasteiger partial charge is 0.406 e. The Balaban J connectivity index is 0.00000264. The van der Waals surface area contributed by atoms with Gasteiger partial charge in [0.1, 0.15) is 5.75 Å². The van der Waals surface area contributed by atoms with Crippen molar-refractivity contribution in [2.75, 3.05) is 20.1 Å². The third-order valence-corrected chi connectivity index (χ3v) is 3.77. The molecule has 0 radical (unpaired) electrons. The van der Waals surface area contributed by atoms with E-state index < -0.39 is 6.36 Å². The van der Waals surface area contributed by atoms with Crippen molar-refractivity contribution in [1.29, 1.82) is 0 Å². The average Bonchev–Trinajstić information content (AvgIpc) is 2.48. The quantitative estimate of drug-likeness (QED) is 0.906. The van der Waals surface area contributed by atoms with Crippen molar-refractivity contribution in [2.45, 2.75) is 31.7 Å². The van der Waals surface area contributed by atoms with Gasteiger partial charge in [-0.05, 0) is 37.6 Å². The van der Waals surface area contributed by atoms with Gasteiger partial charge in [0.15, 0.2) is 0 Å². The van der Waals surface area contributed by atoms with Gasteiger partial charge in [0, 0.05) is 19.1 Å². The first-order valence-corrected chi connectivity index (χ1v) is 7.17. The summed E-state index contributed by atoms with van der Waals surface area (Å²) in [6.07, 6.45) is -2.67. The third-order valence-electron chi connectivity index (χ3n) is 3.77. The van der Waals surface area contributed by atoms with Crippen molar-refractivity contribution in [3.63, 3.8) is 0 Å². The Kier molecular flexibility index (Phi) is 7.15. The van der Waals surface area contributed by atoms with E-state index in [0.29, 0.717) is 24.7 Å². The number of piperidine rings is 1. The standard InChI is InChI=1S/C15H19F3N2O2.ClH/c1-19-12-6-8-20(9-7-12)14(21)10-11-2-4-13(5-3-11)22-15(16,17)18;/h2-5,12,19H,6-10H2,1H3;1H. The van der Waals surface area contributed by atoms with Crippen LogP contribution in [0.2, 0.25) is 0 Å². The van der Waals surface area contributed by atoms with Crippen LogP contribution in [0.3, 0.4) is 0 Å². The molecule has 1 fully saturated rings. The number of hydrogen-bond acceptors (Lipinski definition) is 3. The highest BCUT2D eigenvalue weighted by molar-refractivity contribution is 5.85. The number of rotatable bonds is 4. The normalized spacial score (nSPS) is 15.9. The third kappa shape index (κ3) is 6.27. The number of nitrogens with one attached hydrogen (secondary N) is 1. The van der Waals surface area contributed by atoms with Crippen LogP contribution in [-0.2, 0) is 11.2 Å². The molecule has 130 valence electrons. The van der Waals surface area contributed by atoms with Crippen molar-refractivity contribution in [3.05, 3.63) is 29.8 Å². The van der Waals surface area contributed by atoms with Crippen molar-refractivity contribution >= 4 is 18.3 Å². The lowest BCUT2D eigenvalue weighted by molar-refractivity contribution is -0.274. The van der Waals surface area contributed by atoms with E-state index in [1.54, 1.807) is 4.90 Å². The van der Waals surface area contributed by atoms with Crippen molar-refractivity contribution in [3.8, 4) is 5.75 Å². The van der Waals surface area contributed by atoms with Gasteiger partial charge in [-0.25, -0.2) is 0 Å². The highest BCUT2D eigenvalue weighted by atomic mass is 35.5. The van der Waals surface area contributed by atoms with Crippen LogP contribution in [0.25, 0.3) is 0 Å². The largest absolute Gasteiger partial charge is 0.573 e. The fourth-order valence-corrected chi connectivity index (χ4v) is 2.51. The minimum absolute atomic E-state index is 0. The Morgan fingerprint density at radius 3 is 2.30 bits per heavy atom. The molecular weight excluding hydrogens is 333 g/mol. The molecule has 0 aromatic heterocycles. The van der Waals surface area contributed by atoms with Gasteiger partial charge in [0.05, 0.1) is 6.42 Å². The molecule has 0 aliphatic carbocycles. The summed E-state index contributed by atoms with van der Waals surface area (Å²) < 4.78 is 40.0. The maximum Gasteiger partial charge on any atom is 0.573 e. The van der Waals surface area contributed by atoms with E-state index in [2.05, 4.69) is 10.1 Å². The highest BCUT2D eigenvalue weighted by Crippen LogP contribution is 2.23. The zero-order valence-electron chi connectivity index (χ0n) is 12.7. The van der Waals surface area contributed by atoms with Crippen molar-refractivity contribution < 1.29 is 22.7 Å². The summed E-state index contributed by atoms with van der Waals surface area (Å²) in [6.45, 7) is 1.42. The van der Waals surface area contributed by atoms with E-state index in [-0.39, 0.29) is 30.5 Å². The van der Waals surface area contributed by atoms with Gasteiger partial charge in [-0.1, -0.05) is 12.1 Å².